The Labute approximate surface area is 162 Å². The Morgan fingerprint density at radius 3 is 2.89 bits per heavy atom. The van der Waals surface area contributed by atoms with Crippen LogP contribution in [0.5, 0.6) is 0 Å². The van der Waals surface area contributed by atoms with Gasteiger partial charge < -0.3 is 10.0 Å². The molecule has 1 saturated heterocycles. The van der Waals surface area contributed by atoms with E-state index in [0.29, 0.717) is 28.3 Å². The monoisotopic (exact) mass is 385 g/mol. The number of aromatic nitrogens is 2. The molecular formula is C21H21ClFN3O. The topological polar surface area (TPSA) is 49.2 Å². The van der Waals surface area contributed by atoms with E-state index in [1.54, 1.807) is 6.07 Å². The summed E-state index contributed by atoms with van der Waals surface area (Å²) < 4.78 is 14.5. The van der Waals surface area contributed by atoms with Gasteiger partial charge in [-0.1, -0.05) is 29.8 Å². The summed E-state index contributed by atoms with van der Waals surface area (Å²) in [5.74, 6) is 0.547. The zero-order chi connectivity index (χ0) is 19.0. The molecule has 1 unspecified atom stereocenters. The minimum Gasteiger partial charge on any atom is -0.396 e. The molecular weight excluding hydrogens is 365 g/mol. The van der Waals surface area contributed by atoms with Crippen LogP contribution in [0.25, 0.3) is 22.0 Å². The van der Waals surface area contributed by atoms with Gasteiger partial charge in [0.15, 0.2) is 0 Å². The van der Waals surface area contributed by atoms with E-state index in [9.17, 15) is 9.50 Å². The maximum absolute atomic E-state index is 14.5. The highest BCUT2D eigenvalue weighted by molar-refractivity contribution is 6.31. The third-order valence-corrected chi connectivity index (χ3v) is 5.69. The van der Waals surface area contributed by atoms with Crippen LogP contribution >= 0.6 is 11.6 Å². The van der Waals surface area contributed by atoms with Crippen molar-refractivity contribution in [2.75, 3.05) is 24.6 Å². The van der Waals surface area contributed by atoms with Gasteiger partial charge in [0.05, 0.1) is 5.39 Å². The highest BCUT2D eigenvalue weighted by Crippen LogP contribution is 2.37. The molecule has 4 rings (SSSR count). The van der Waals surface area contributed by atoms with Gasteiger partial charge >= 0.3 is 0 Å². The SMILES string of the molecule is Cc1ccc(-c2ccc(F)c3ncnc(N4CCCC(CO)C4)c23)cc1Cl. The zero-order valence-corrected chi connectivity index (χ0v) is 15.9. The van der Waals surface area contributed by atoms with Gasteiger partial charge in [0.2, 0.25) is 0 Å². The largest absolute Gasteiger partial charge is 0.396 e. The Bertz CT molecular complexity index is 995. The van der Waals surface area contributed by atoms with Crippen molar-refractivity contribution in [1.82, 2.24) is 9.97 Å². The van der Waals surface area contributed by atoms with E-state index in [4.69, 9.17) is 11.6 Å². The average Bonchev–Trinajstić information content (AvgIpc) is 2.70. The average molecular weight is 386 g/mol. The van der Waals surface area contributed by atoms with Crippen molar-refractivity contribution in [3.05, 3.63) is 53.1 Å². The van der Waals surface area contributed by atoms with Gasteiger partial charge in [-0.2, -0.15) is 0 Å². The van der Waals surface area contributed by atoms with Gasteiger partial charge in [0.25, 0.3) is 0 Å². The molecule has 0 aliphatic carbocycles. The molecule has 1 atom stereocenters. The number of benzene rings is 2. The van der Waals surface area contributed by atoms with Crippen LogP contribution in [0.3, 0.4) is 0 Å². The van der Waals surface area contributed by atoms with Crippen LogP contribution < -0.4 is 4.90 Å². The number of hydrogen-bond donors (Lipinski definition) is 1. The van der Waals surface area contributed by atoms with Gasteiger partial charge in [0, 0.05) is 24.7 Å². The number of fused-ring (bicyclic) bond motifs is 1. The summed E-state index contributed by atoms with van der Waals surface area (Å²) in [4.78, 5) is 10.8. The maximum atomic E-state index is 14.5. The molecule has 0 saturated carbocycles. The molecule has 4 nitrogen and oxygen atoms in total. The number of rotatable bonds is 3. The van der Waals surface area contributed by atoms with Crippen LogP contribution in [0.2, 0.25) is 5.02 Å². The molecule has 1 N–H and O–H groups in total. The highest BCUT2D eigenvalue weighted by Gasteiger charge is 2.24. The molecule has 1 aliphatic heterocycles. The first-order valence-electron chi connectivity index (χ1n) is 9.14. The Morgan fingerprint density at radius 1 is 1.26 bits per heavy atom. The lowest BCUT2D eigenvalue weighted by atomic mass is 9.96. The van der Waals surface area contributed by atoms with E-state index in [0.717, 1.165) is 36.1 Å². The summed E-state index contributed by atoms with van der Waals surface area (Å²) >= 11 is 6.33. The molecule has 1 fully saturated rings. The van der Waals surface area contributed by atoms with Crippen molar-refractivity contribution in [2.45, 2.75) is 19.8 Å². The highest BCUT2D eigenvalue weighted by atomic mass is 35.5. The molecule has 1 aromatic heterocycles. The number of nitrogens with zero attached hydrogens (tertiary/aromatic N) is 3. The number of halogens is 2. The van der Waals surface area contributed by atoms with Gasteiger partial charge in [0.1, 0.15) is 23.5 Å². The lowest BCUT2D eigenvalue weighted by Gasteiger charge is -2.33. The van der Waals surface area contributed by atoms with Crippen molar-refractivity contribution in [3.8, 4) is 11.1 Å². The Balaban J connectivity index is 1.92. The van der Waals surface area contributed by atoms with Crippen molar-refractivity contribution in [3.63, 3.8) is 0 Å². The fourth-order valence-corrected chi connectivity index (χ4v) is 3.95. The predicted octanol–water partition coefficient (Wildman–Crippen LogP) is 4.61. The summed E-state index contributed by atoms with van der Waals surface area (Å²) in [6.45, 7) is 3.63. The second-order valence-electron chi connectivity index (χ2n) is 7.12. The summed E-state index contributed by atoms with van der Waals surface area (Å²) in [6.07, 6.45) is 3.37. The molecule has 0 bridgehead atoms. The Kier molecular flexibility index (Phi) is 4.98. The van der Waals surface area contributed by atoms with Gasteiger partial charge in [-0.15, -0.1) is 0 Å². The molecule has 2 aromatic carbocycles. The lowest BCUT2D eigenvalue weighted by molar-refractivity contribution is 0.208. The first-order chi connectivity index (χ1) is 13.1. The quantitative estimate of drug-likeness (QED) is 0.715. The number of anilines is 1. The summed E-state index contributed by atoms with van der Waals surface area (Å²) in [5.41, 5.74) is 3.06. The van der Waals surface area contributed by atoms with Crippen LogP contribution in [-0.2, 0) is 0 Å². The molecule has 2 heterocycles. The first kappa shape index (κ1) is 18.1. The lowest BCUT2D eigenvalue weighted by Crippen LogP contribution is -2.37. The van der Waals surface area contributed by atoms with Gasteiger partial charge in [-0.05, 0) is 54.5 Å². The Morgan fingerprint density at radius 2 is 2.11 bits per heavy atom. The fraction of sp³-hybridized carbons (Fsp3) is 0.333. The first-order valence-corrected chi connectivity index (χ1v) is 9.52. The zero-order valence-electron chi connectivity index (χ0n) is 15.1. The molecule has 0 spiro atoms. The smallest absolute Gasteiger partial charge is 0.149 e. The minimum atomic E-state index is -0.369. The second-order valence-corrected chi connectivity index (χ2v) is 7.52. The van der Waals surface area contributed by atoms with E-state index in [1.165, 1.54) is 12.4 Å². The number of aliphatic hydroxyl groups is 1. The number of aryl methyl sites for hydroxylation is 1. The number of piperidine rings is 1. The molecule has 27 heavy (non-hydrogen) atoms. The van der Waals surface area contributed by atoms with Crippen LogP contribution in [0.15, 0.2) is 36.7 Å². The van der Waals surface area contributed by atoms with E-state index in [1.807, 2.05) is 25.1 Å². The number of aliphatic hydroxyl groups excluding tert-OH is 1. The third kappa shape index (κ3) is 3.37. The minimum absolute atomic E-state index is 0.147. The standard InChI is InChI=1S/C21H21ClFN3O/c1-13-4-5-15(9-17(13)22)16-6-7-18(23)20-19(16)21(25-12-24-20)26-8-2-3-14(10-26)11-27/h4-7,9,12,14,27H,2-3,8,10-11H2,1H3. The van der Waals surface area contributed by atoms with Gasteiger partial charge in [-0.3, -0.25) is 0 Å². The molecule has 6 heteroatoms. The van der Waals surface area contributed by atoms with Crippen LogP contribution in [-0.4, -0.2) is 34.8 Å². The van der Waals surface area contributed by atoms with Crippen molar-refractivity contribution >= 4 is 28.3 Å². The third-order valence-electron chi connectivity index (χ3n) is 5.28. The predicted molar refractivity (Wildman–Crippen MR) is 107 cm³/mol. The van der Waals surface area contributed by atoms with E-state index >= 15 is 0 Å². The van der Waals surface area contributed by atoms with Crippen LogP contribution in [0.1, 0.15) is 18.4 Å². The van der Waals surface area contributed by atoms with Crippen LogP contribution in [0, 0.1) is 18.7 Å². The second kappa shape index (κ2) is 7.41. The maximum Gasteiger partial charge on any atom is 0.149 e. The molecule has 0 radical (unpaired) electrons. The molecule has 140 valence electrons. The molecule has 3 aromatic rings. The Hall–Kier alpha value is -2.24. The summed E-state index contributed by atoms with van der Waals surface area (Å²) in [6, 6.07) is 9.04. The van der Waals surface area contributed by atoms with E-state index in [-0.39, 0.29) is 18.3 Å². The van der Waals surface area contributed by atoms with E-state index < -0.39 is 0 Å². The van der Waals surface area contributed by atoms with Crippen molar-refractivity contribution < 1.29 is 9.50 Å². The summed E-state index contributed by atoms with van der Waals surface area (Å²) in [7, 11) is 0. The van der Waals surface area contributed by atoms with Gasteiger partial charge in [-0.25, -0.2) is 14.4 Å². The van der Waals surface area contributed by atoms with Crippen molar-refractivity contribution in [2.24, 2.45) is 5.92 Å². The fourth-order valence-electron chi connectivity index (χ4n) is 3.77. The molecule has 0 amide bonds. The molecule has 1 aliphatic rings. The number of hydrogen-bond acceptors (Lipinski definition) is 4. The summed E-state index contributed by atoms with van der Waals surface area (Å²) in [5, 5.41) is 10.9. The van der Waals surface area contributed by atoms with Crippen LogP contribution in [0.4, 0.5) is 10.2 Å². The van der Waals surface area contributed by atoms with Crippen molar-refractivity contribution in [1.29, 1.82) is 0 Å². The normalized spacial score (nSPS) is 17.5. The van der Waals surface area contributed by atoms with E-state index in [2.05, 4.69) is 14.9 Å².